The van der Waals surface area contributed by atoms with E-state index in [1.165, 1.54) is 18.4 Å². The van der Waals surface area contributed by atoms with Crippen molar-refractivity contribution in [2.45, 2.75) is 32.6 Å². The molecule has 1 aromatic heterocycles. The van der Waals surface area contributed by atoms with E-state index in [1.54, 1.807) is 6.26 Å². The van der Waals surface area contributed by atoms with Gasteiger partial charge in [-0.25, -0.2) is 0 Å². The number of likely N-dealkylation sites (tertiary alicyclic amines) is 1. The lowest BCUT2D eigenvalue weighted by molar-refractivity contribution is -0.127. The van der Waals surface area contributed by atoms with Gasteiger partial charge in [-0.3, -0.25) is 9.69 Å². The van der Waals surface area contributed by atoms with Crippen molar-refractivity contribution < 1.29 is 9.21 Å². The lowest BCUT2D eigenvalue weighted by Crippen LogP contribution is -2.37. The molecule has 1 saturated heterocycles. The van der Waals surface area contributed by atoms with E-state index in [1.807, 2.05) is 12.1 Å². The van der Waals surface area contributed by atoms with Crippen LogP contribution < -0.4 is 5.32 Å². The first-order valence-corrected chi connectivity index (χ1v) is 8.41. The van der Waals surface area contributed by atoms with Gasteiger partial charge in [0.1, 0.15) is 5.76 Å². The zero-order chi connectivity index (χ0) is 15.4. The van der Waals surface area contributed by atoms with Crippen molar-refractivity contribution in [2.24, 2.45) is 11.8 Å². The molecular weight excluding hydrogens is 276 g/mol. The van der Waals surface area contributed by atoms with Crippen molar-refractivity contribution in [1.29, 1.82) is 0 Å². The standard InChI is InChI=1S/C18H26N2O2/c1-14(10-17-6-3-9-22-17)12-20-8-7-15(13-20)11-19-18(21)16-4-2-5-16/h3,6,9-10,15-16H,2,4-5,7-8,11-13H2,1H3,(H,19,21)/b14-10+/t15-/m1/s1. The number of nitrogens with one attached hydrogen (secondary N) is 1. The molecule has 0 unspecified atom stereocenters. The molecule has 1 amide bonds. The molecule has 0 bridgehead atoms. The second-order valence-electron chi connectivity index (χ2n) is 6.77. The van der Waals surface area contributed by atoms with Gasteiger partial charge in [-0.2, -0.15) is 0 Å². The Bertz CT molecular complexity index is 517. The first kappa shape index (κ1) is 15.3. The van der Waals surface area contributed by atoms with Crippen LogP contribution in [-0.4, -0.2) is 37.0 Å². The van der Waals surface area contributed by atoms with Crippen LogP contribution in [0.25, 0.3) is 6.08 Å². The zero-order valence-electron chi connectivity index (χ0n) is 13.4. The van der Waals surface area contributed by atoms with Crippen molar-refractivity contribution in [3.8, 4) is 0 Å². The van der Waals surface area contributed by atoms with Crippen LogP contribution in [0.5, 0.6) is 0 Å². The van der Waals surface area contributed by atoms with Gasteiger partial charge in [0.15, 0.2) is 0 Å². The summed E-state index contributed by atoms with van der Waals surface area (Å²) in [5.74, 6) is 2.09. The summed E-state index contributed by atoms with van der Waals surface area (Å²) in [4.78, 5) is 14.3. The minimum absolute atomic E-state index is 0.276. The van der Waals surface area contributed by atoms with Gasteiger partial charge in [0, 0.05) is 25.6 Å². The summed E-state index contributed by atoms with van der Waals surface area (Å²) in [5.41, 5.74) is 1.31. The number of hydrogen-bond donors (Lipinski definition) is 1. The summed E-state index contributed by atoms with van der Waals surface area (Å²) >= 11 is 0. The second kappa shape index (κ2) is 7.14. The zero-order valence-corrected chi connectivity index (χ0v) is 13.4. The minimum Gasteiger partial charge on any atom is -0.465 e. The fourth-order valence-electron chi connectivity index (χ4n) is 3.30. The summed E-state index contributed by atoms with van der Waals surface area (Å²) in [6.45, 7) is 6.16. The Kier molecular flexibility index (Phi) is 4.98. The summed E-state index contributed by atoms with van der Waals surface area (Å²) in [6, 6.07) is 3.89. The molecule has 0 aromatic carbocycles. The highest BCUT2D eigenvalue weighted by Crippen LogP contribution is 2.26. The quantitative estimate of drug-likeness (QED) is 0.879. The average molecular weight is 302 g/mol. The Hall–Kier alpha value is -1.55. The molecule has 3 rings (SSSR count). The summed E-state index contributed by atoms with van der Waals surface area (Å²) < 4.78 is 5.35. The number of amides is 1. The van der Waals surface area contributed by atoms with Crippen LogP contribution in [0.1, 0.15) is 38.4 Å². The normalized spacial score (nSPS) is 23.5. The number of furan rings is 1. The maximum Gasteiger partial charge on any atom is 0.223 e. The number of rotatable bonds is 6. The smallest absolute Gasteiger partial charge is 0.223 e. The fraction of sp³-hybridized carbons (Fsp3) is 0.611. The molecule has 120 valence electrons. The summed E-state index contributed by atoms with van der Waals surface area (Å²) in [5, 5.41) is 3.14. The van der Waals surface area contributed by atoms with Gasteiger partial charge >= 0.3 is 0 Å². The van der Waals surface area contributed by atoms with Gasteiger partial charge in [-0.05, 0) is 56.9 Å². The van der Waals surface area contributed by atoms with Gasteiger partial charge in [0.05, 0.1) is 6.26 Å². The Morgan fingerprint density at radius 1 is 1.45 bits per heavy atom. The van der Waals surface area contributed by atoms with E-state index in [0.29, 0.717) is 11.8 Å². The molecule has 1 atom stereocenters. The average Bonchev–Trinajstić information content (AvgIpc) is 3.06. The fourth-order valence-corrected chi connectivity index (χ4v) is 3.30. The van der Waals surface area contributed by atoms with Crippen LogP contribution in [0.3, 0.4) is 0 Å². The molecule has 1 aromatic rings. The molecule has 2 aliphatic rings. The van der Waals surface area contributed by atoms with Crippen LogP contribution >= 0.6 is 0 Å². The predicted octanol–water partition coefficient (Wildman–Crippen LogP) is 2.92. The SMILES string of the molecule is C/C(=C\c1ccco1)CN1CC[C@H](CNC(=O)C2CCC2)C1. The van der Waals surface area contributed by atoms with Crippen molar-refractivity contribution in [3.63, 3.8) is 0 Å². The van der Waals surface area contributed by atoms with E-state index in [-0.39, 0.29) is 5.91 Å². The monoisotopic (exact) mass is 302 g/mol. The van der Waals surface area contributed by atoms with Crippen molar-refractivity contribution in [1.82, 2.24) is 10.2 Å². The Labute approximate surface area is 132 Å². The van der Waals surface area contributed by atoms with E-state index < -0.39 is 0 Å². The first-order chi connectivity index (χ1) is 10.7. The van der Waals surface area contributed by atoms with E-state index in [2.05, 4.69) is 23.2 Å². The molecule has 1 aliphatic heterocycles. The van der Waals surface area contributed by atoms with Gasteiger partial charge < -0.3 is 9.73 Å². The third kappa shape index (κ3) is 4.01. The molecule has 22 heavy (non-hydrogen) atoms. The Morgan fingerprint density at radius 3 is 3.00 bits per heavy atom. The van der Waals surface area contributed by atoms with Gasteiger partial charge in [0.25, 0.3) is 0 Å². The topological polar surface area (TPSA) is 45.5 Å². The highest BCUT2D eigenvalue weighted by atomic mass is 16.3. The van der Waals surface area contributed by atoms with Crippen molar-refractivity contribution in [3.05, 3.63) is 29.7 Å². The second-order valence-corrected chi connectivity index (χ2v) is 6.77. The molecule has 1 aliphatic carbocycles. The molecule has 1 saturated carbocycles. The van der Waals surface area contributed by atoms with Crippen LogP contribution in [0.2, 0.25) is 0 Å². The summed E-state index contributed by atoms with van der Waals surface area (Å²) in [7, 11) is 0. The third-order valence-corrected chi connectivity index (χ3v) is 4.82. The maximum atomic E-state index is 11.9. The van der Waals surface area contributed by atoms with Crippen LogP contribution in [0, 0.1) is 11.8 Å². The lowest BCUT2D eigenvalue weighted by atomic mass is 9.85. The Morgan fingerprint density at radius 2 is 2.32 bits per heavy atom. The summed E-state index contributed by atoms with van der Waals surface area (Å²) in [6.07, 6.45) is 8.37. The highest BCUT2D eigenvalue weighted by Gasteiger charge is 2.27. The number of hydrogen-bond acceptors (Lipinski definition) is 3. The molecule has 2 fully saturated rings. The van der Waals surface area contributed by atoms with Crippen LogP contribution in [0.4, 0.5) is 0 Å². The third-order valence-electron chi connectivity index (χ3n) is 4.82. The van der Waals surface area contributed by atoms with E-state index in [4.69, 9.17) is 4.42 Å². The number of carbonyl (C=O) groups is 1. The predicted molar refractivity (Wildman–Crippen MR) is 87.3 cm³/mol. The van der Waals surface area contributed by atoms with E-state index >= 15 is 0 Å². The molecule has 2 heterocycles. The first-order valence-electron chi connectivity index (χ1n) is 8.41. The molecule has 0 spiro atoms. The number of carbonyl (C=O) groups excluding carboxylic acids is 1. The maximum absolute atomic E-state index is 11.9. The van der Waals surface area contributed by atoms with E-state index in [0.717, 1.165) is 44.8 Å². The molecule has 4 nitrogen and oxygen atoms in total. The highest BCUT2D eigenvalue weighted by molar-refractivity contribution is 5.79. The molecular formula is C18H26N2O2. The van der Waals surface area contributed by atoms with Gasteiger partial charge in [-0.1, -0.05) is 12.0 Å². The van der Waals surface area contributed by atoms with Crippen molar-refractivity contribution in [2.75, 3.05) is 26.2 Å². The van der Waals surface area contributed by atoms with Crippen molar-refractivity contribution >= 4 is 12.0 Å². The van der Waals surface area contributed by atoms with Crippen LogP contribution in [-0.2, 0) is 4.79 Å². The molecule has 4 heteroatoms. The Balaban J connectivity index is 1.39. The van der Waals surface area contributed by atoms with Crippen LogP contribution in [0.15, 0.2) is 28.4 Å². The number of nitrogens with zero attached hydrogens (tertiary/aromatic N) is 1. The van der Waals surface area contributed by atoms with E-state index in [9.17, 15) is 4.79 Å². The molecule has 1 N–H and O–H groups in total. The molecule has 0 radical (unpaired) electrons. The largest absolute Gasteiger partial charge is 0.465 e. The van der Waals surface area contributed by atoms with Gasteiger partial charge in [-0.15, -0.1) is 0 Å². The van der Waals surface area contributed by atoms with Gasteiger partial charge in [0.2, 0.25) is 5.91 Å². The minimum atomic E-state index is 0.276. The lowest BCUT2D eigenvalue weighted by Gasteiger charge is -2.25.